The molecule has 3 N–H and O–H groups in total. The molecule has 0 spiro atoms. The summed E-state index contributed by atoms with van der Waals surface area (Å²) in [7, 11) is 0. The molecule has 0 radical (unpaired) electrons. The topological polar surface area (TPSA) is 89.9 Å². The van der Waals surface area contributed by atoms with E-state index in [0.29, 0.717) is 11.8 Å². The van der Waals surface area contributed by atoms with Gasteiger partial charge in [-0.1, -0.05) is 6.42 Å². The second-order valence-electron chi connectivity index (χ2n) is 5.21. The number of carbonyl (C=O) groups excluding carboxylic acids is 1. The molecule has 6 heteroatoms. The number of carboxylic acid groups (broad SMARTS) is 1. The molecule has 1 aliphatic heterocycles. The van der Waals surface area contributed by atoms with Gasteiger partial charge in [0.05, 0.1) is 0 Å². The van der Waals surface area contributed by atoms with Crippen LogP contribution in [0.2, 0.25) is 0 Å². The van der Waals surface area contributed by atoms with E-state index in [4.69, 9.17) is 10.2 Å². The molecule has 0 bridgehead atoms. The lowest BCUT2D eigenvalue weighted by Crippen LogP contribution is -2.47. The highest BCUT2D eigenvalue weighted by molar-refractivity contribution is 5.82. The maximum Gasteiger partial charge on any atom is 0.326 e. The summed E-state index contributed by atoms with van der Waals surface area (Å²) in [6.07, 6.45) is 3.63. The minimum Gasteiger partial charge on any atom is -0.480 e. The molecule has 1 aliphatic carbocycles. The number of urea groups is 1. The highest BCUT2D eigenvalue weighted by Crippen LogP contribution is 2.37. The first kappa shape index (κ1) is 13.1. The number of aliphatic carboxylic acids is 1. The fraction of sp³-hybridized carbons (Fsp3) is 0.833. The zero-order valence-corrected chi connectivity index (χ0v) is 10.3. The van der Waals surface area contributed by atoms with Crippen molar-refractivity contribution >= 4 is 12.0 Å². The number of carbonyl (C=O) groups is 2. The van der Waals surface area contributed by atoms with Crippen molar-refractivity contribution in [1.82, 2.24) is 10.2 Å². The Hall–Kier alpha value is -1.30. The number of hydrogen-bond donors (Lipinski definition) is 3. The van der Waals surface area contributed by atoms with Crippen molar-refractivity contribution in [3.8, 4) is 0 Å². The number of hydrogen-bond acceptors (Lipinski definition) is 3. The normalized spacial score (nSPS) is 27.9. The highest BCUT2D eigenvalue weighted by atomic mass is 16.4. The Bertz CT molecular complexity index is 322. The molecular weight excluding hydrogens is 236 g/mol. The van der Waals surface area contributed by atoms with Gasteiger partial charge in [0.2, 0.25) is 0 Å². The van der Waals surface area contributed by atoms with E-state index in [-0.39, 0.29) is 19.1 Å². The van der Waals surface area contributed by atoms with Gasteiger partial charge in [0.15, 0.2) is 0 Å². The first-order valence-electron chi connectivity index (χ1n) is 6.51. The van der Waals surface area contributed by atoms with E-state index < -0.39 is 12.0 Å². The van der Waals surface area contributed by atoms with E-state index >= 15 is 0 Å². The van der Waals surface area contributed by atoms with E-state index in [1.807, 2.05) is 0 Å². The first-order valence-corrected chi connectivity index (χ1v) is 6.51. The number of carboxylic acids is 1. The summed E-state index contributed by atoms with van der Waals surface area (Å²) in [5, 5.41) is 20.2. The molecule has 18 heavy (non-hydrogen) atoms. The summed E-state index contributed by atoms with van der Waals surface area (Å²) in [4.78, 5) is 24.5. The molecule has 1 saturated heterocycles. The number of nitrogens with zero attached hydrogens (tertiary/aromatic N) is 1. The third-order valence-electron chi connectivity index (χ3n) is 4.03. The van der Waals surface area contributed by atoms with Crippen LogP contribution in [0, 0.1) is 11.8 Å². The Labute approximate surface area is 106 Å². The van der Waals surface area contributed by atoms with Crippen molar-refractivity contribution in [1.29, 1.82) is 0 Å². The van der Waals surface area contributed by atoms with Gasteiger partial charge in [0.1, 0.15) is 6.04 Å². The van der Waals surface area contributed by atoms with Crippen LogP contribution in [0.3, 0.4) is 0 Å². The molecule has 0 aromatic rings. The molecule has 2 fully saturated rings. The first-order chi connectivity index (χ1) is 8.61. The Morgan fingerprint density at radius 2 is 1.89 bits per heavy atom. The summed E-state index contributed by atoms with van der Waals surface area (Å²) in [5.41, 5.74) is 0. The monoisotopic (exact) mass is 256 g/mol. The third-order valence-corrected chi connectivity index (χ3v) is 4.03. The number of rotatable bonds is 4. The molecule has 1 saturated carbocycles. The van der Waals surface area contributed by atoms with Crippen molar-refractivity contribution in [2.75, 3.05) is 19.7 Å². The molecule has 2 aliphatic rings. The Morgan fingerprint density at radius 3 is 2.39 bits per heavy atom. The van der Waals surface area contributed by atoms with E-state index in [2.05, 4.69) is 5.32 Å². The van der Waals surface area contributed by atoms with Crippen LogP contribution in [0.25, 0.3) is 0 Å². The quantitative estimate of drug-likeness (QED) is 0.673. The molecular formula is C12H20N2O4. The van der Waals surface area contributed by atoms with Gasteiger partial charge in [-0.2, -0.15) is 0 Å². The van der Waals surface area contributed by atoms with Crippen molar-refractivity contribution in [2.45, 2.75) is 31.7 Å². The molecule has 0 aromatic carbocycles. The predicted molar refractivity (Wildman–Crippen MR) is 64.1 cm³/mol. The predicted octanol–water partition coefficient (Wildman–Crippen LogP) is 0.263. The molecule has 2 amide bonds. The average Bonchev–Trinajstić information content (AvgIpc) is 2.87. The molecule has 0 aromatic heterocycles. The van der Waals surface area contributed by atoms with Crippen LogP contribution < -0.4 is 5.32 Å². The Balaban J connectivity index is 1.86. The molecule has 1 heterocycles. The van der Waals surface area contributed by atoms with Gasteiger partial charge in [-0.05, 0) is 24.7 Å². The molecule has 3 atom stereocenters. The van der Waals surface area contributed by atoms with Gasteiger partial charge in [0, 0.05) is 26.1 Å². The van der Waals surface area contributed by atoms with Crippen LogP contribution >= 0.6 is 0 Å². The Kier molecular flexibility index (Phi) is 4.06. The minimum absolute atomic E-state index is 0.0434. The summed E-state index contributed by atoms with van der Waals surface area (Å²) in [6, 6.07) is -1.31. The molecule has 2 rings (SSSR count). The van der Waals surface area contributed by atoms with Crippen LogP contribution in [0.15, 0.2) is 0 Å². The van der Waals surface area contributed by atoms with Gasteiger partial charge in [-0.3, -0.25) is 0 Å². The maximum atomic E-state index is 11.9. The lowest BCUT2D eigenvalue weighted by Gasteiger charge is -2.21. The van der Waals surface area contributed by atoms with Crippen molar-refractivity contribution in [2.24, 2.45) is 11.8 Å². The molecule has 3 unspecified atom stereocenters. The zero-order valence-electron chi connectivity index (χ0n) is 10.3. The summed E-state index contributed by atoms with van der Waals surface area (Å²) in [6.45, 7) is 1.23. The van der Waals surface area contributed by atoms with E-state index in [1.54, 1.807) is 4.90 Å². The number of aliphatic hydroxyl groups excluding tert-OH is 1. The smallest absolute Gasteiger partial charge is 0.326 e. The van der Waals surface area contributed by atoms with Crippen molar-refractivity contribution < 1.29 is 19.8 Å². The van der Waals surface area contributed by atoms with Gasteiger partial charge in [0.25, 0.3) is 0 Å². The van der Waals surface area contributed by atoms with Gasteiger partial charge in [-0.25, -0.2) is 9.59 Å². The zero-order chi connectivity index (χ0) is 13.1. The van der Waals surface area contributed by atoms with Crippen LogP contribution in [-0.4, -0.2) is 52.9 Å². The van der Waals surface area contributed by atoms with Gasteiger partial charge in [-0.15, -0.1) is 0 Å². The van der Waals surface area contributed by atoms with Crippen LogP contribution in [0.5, 0.6) is 0 Å². The largest absolute Gasteiger partial charge is 0.480 e. The Morgan fingerprint density at radius 1 is 1.28 bits per heavy atom. The SMILES string of the molecule is O=C(O)C(CCO)NC(=O)N1CC2CCCC2C1. The van der Waals surface area contributed by atoms with Crippen LogP contribution in [0.1, 0.15) is 25.7 Å². The minimum atomic E-state index is -1.10. The standard InChI is InChI=1S/C12H20N2O4/c15-5-4-10(11(16)17)13-12(18)14-6-8-2-1-3-9(8)7-14/h8-10,15H,1-7H2,(H,13,18)(H,16,17). The summed E-state index contributed by atoms with van der Waals surface area (Å²) < 4.78 is 0. The fourth-order valence-electron chi connectivity index (χ4n) is 3.03. The fourth-order valence-corrected chi connectivity index (χ4v) is 3.03. The van der Waals surface area contributed by atoms with Gasteiger partial charge >= 0.3 is 12.0 Å². The van der Waals surface area contributed by atoms with Crippen molar-refractivity contribution in [3.05, 3.63) is 0 Å². The number of fused-ring (bicyclic) bond motifs is 1. The van der Waals surface area contributed by atoms with Crippen LogP contribution in [0.4, 0.5) is 4.79 Å². The van der Waals surface area contributed by atoms with E-state index in [9.17, 15) is 9.59 Å². The van der Waals surface area contributed by atoms with Crippen LogP contribution in [-0.2, 0) is 4.79 Å². The lowest BCUT2D eigenvalue weighted by atomic mass is 10.0. The highest BCUT2D eigenvalue weighted by Gasteiger charge is 2.38. The second kappa shape index (κ2) is 5.56. The third kappa shape index (κ3) is 2.75. The summed E-state index contributed by atoms with van der Waals surface area (Å²) >= 11 is 0. The summed E-state index contributed by atoms with van der Waals surface area (Å²) in [5.74, 6) is 0.0885. The second-order valence-corrected chi connectivity index (χ2v) is 5.21. The average molecular weight is 256 g/mol. The molecule has 102 valence electrons. The maximum absolute atomic E-state index is 11.9. The van der Waals surface area contributed by atoms with Crippen molar-refractivity contribution in [3.63, 3.8) is 0 Å². The van der Waals surface area contributed by atoms with E-state index in [1.165, 1.54) is 19.3 Å². The van der Waals surface area contributed by atoms with Gasteiger partial charge < -0.3 is 20.4 Å². The number of nitrogens with one attached hydrogen (secondary N) is 1. The number of aliphatic hydroxyl groups is 1. The lowest BCUT2D eigenvalue weighted by molar-refractivity contribution is -0.139. The molecule has 6 nitrogen and oxygen atoms in total. The number of likely N-dealkylation sites (tertiary alicyclic amines) is 1. The van der Waals surface area contributed by atoms with E-state index in [0.717, 1.165) is 13.1 Å². The number of amides is 2.